The molecule has 1 aromatic rings. The van der Waals surface area contributed by atoms with Crippen LogP contribution in [0.15, 0.2) is 29.3 Å². The highest BCUT2D eigenvalue weighted by Crippen LogP contribution is 2.17. The van der Waals surface area contributed by atoms with Gasteiger partial charge in [0.25, 0.3) is 5.91 Å². The molecule has 7 nitrogen and oxygen atoms in total. The van der Waals surface area contributed by atoms with E-state index >= 15 is 0 Å². The number of aliphatic imine (C=N–C) groups is 1. The summed E-state index contributed by atoms with van der Waals surface area (Å²) >= 11 is 0. The predicted molar refractivity (Wildman–Crippen MR) is 117 cm³/mol. The van der Waals surface area contributed by atoms with Crippen molar-refractivity contribution >= 4 is 17.8 Å². The highest BCUT2D eigenvalue weighted by molar-refractivity contribution is 5.94. The fourth-order valence-electron chi connectivity index (χ4n) is 3.46. The maximum absolute atomic E-state index is 12.2. The van der Waals surface area contributed by atoms with E-state index in [0.717, 1.165) is 31.4 Å². The zero-order valence-corrected chi connectivity index (χ0v) is 18.0. The normalized spacial score (nSPS) is 14.9. The molecule has 2 amide bonds. The van der Waals surface area contributed by atoms with Gasteiger partial charge in [0.15, 0.2) is 5.96 Å². The van der Waals surface area contributed by atoms with E-state index in [1.54, 1.807) is 19.0 Å². The number of hydrogen-bond donors (Lipinski definition) is 3. The van der Waals surface area contributed by atoms with Crippen molar-refractivity contribution in [3.8, 4) is 0 Å². The van der Waals surface area contributed by atoms with Gasteiger partial charge >= 0.3 is 0 Å². The Kier molecular flexibility index (Phi) is 9.47. The van der Waals surface area contributed by atoms with E-state index in [2.05, 4.69) is 20.9 Å². The van der Waals surface area contributed by atoms with Crippen LogP contribution in [0, 0.1) is 0 Å². The summed E-state index contributed by atoms with van der Waals surface area (Å²) in [4.78, 5) is 30.2. The smallest absolute Gasteiger partial charge is 0.253 e. The van der Waals surface area contributed by atoms with Gasteiger partial charge in [0, 0.05) is 38.8 Å². The summed E-state index contributed by atoms with van der Waals surface area (Å²) in [5.74, 6) is 0.606. The van der Waals surface area contributed by atoms with Gasteiger partial charge in [0.1, 0.15) is 6.54 Å². The topological polar surface area (TPSA) is 85.8 Å². The molecule has 1 fully saturated rings. The lowest BCUT2D eigenvalue weighted by molar-refractivity contribution is -0.120. The third-order valence-corrected chi connectivity index (χ3v) is 4.98. The van der Waals surface area contributed by atoms with Crippen molar-refractivity contribution < 1.29 is 9.59 Å². The summed E-state index contributed by atoms with van der Waals surface area (Å²) in [6.45, 7) is 3.51. The second-order valence-corrected chi connectivity index (χ2v) is 7.67. The van der Waals surface area contributed by atoms with Crippen LogP contribution in [-0.4, -0.2) is 62.4 Å². The third kappa shape index (κ3) is 8.13. The van der Waals surface area contributed by atoms with Crippen molar-refractivity contribution in [3.05, 3.63) is 35.4 Å². The molecular formula is C22H35N5O2. The molecule has 29 heavy (non-hydrogen) atoms. The maximum atomic E-state index is 12.2. The molecule has 2 rings (SSSR count). The molecule has 7 heteroatoms. The lowest BCUT2D eigenvalue weighted by atomic mass is 9.95. The molecule has 3 N–H and O–H groups in total. The molecule has 0 bridgehead atoms. The van der Waals surface area contributed by atoms with Gasteiger partial charge in [-0.3, -0.25) is 9.59 Å². The minimum atomic E-state index is -0.0241. The number of nitrogens with zero attached hydrogens (tertiary/aromatic N) is 2. The molecule has 1 aliphatic carbocycles. The van der Waals surface area contributed by atoms with Crippen LogP contribution in [0.2, 0.25) is 0 Å². The lowest BCUT2D eigenvalue weighted by Crippen LogP contribution is -2.41. The van der Waals surface area contributed by atoms with E-state index < -0.39 is 0 Å². The summed E-state index contributed by atoms with van der Waals surface area (Å²) < 4.78 is 0. The summed E-state index contributed by atoms with van der Waals surface area (Å²) in [6.07, 6.45) is 6.56. The number of hydrogen-bond acceptors (Lipinski definition) is 3. The first-order valence-electron chi connectivity index (χ1n) is 10.6. The Morgan fingerprint density at radius 2 is 1.90 bits per heavy atom. The van der Waals surface area contributed by atoms with Crippen molar-refractivity contribution in [1.29, 1.82) is 0 Å². The number of nitrogens with one attached hydrogen (secondary N) is 3. The van der Waals surface area contributed by atoms with Crippen molar-refractivity contribution in [1.82, 2.24) is 20.9 Å². The SMILES string of the molecule is CCNC(=NCC(=O)NC1CCCCC1)NCCc1cccc(C(=O)N(C)C)c1. The second kappa shape index (κ2) is 12.1. The monoisotopic (exact) mass is 401 g/mol. The van der Waals surface area contributed by atoms with E-state index in [1.165, 1.54) is 19.3 Å². The van der Waals surface area contributed by atoms with Crippen LogP contribution in [0.25, 0.3) is 0 Å². The van der Waals surface area contributed by atoms with Gasteiger partial charge in [0.05, 0.1) is 0 Å². The number of carbonyl (C=O) groups is 2. The Labute approximate surface area is 174 Å². The molecule has 0 spiro atoms. The molecular weight excluding hydrogens is 366 g/mol. The van der Waals surface area contributed by atoms with Crippen molar-refractivity contribution in [2.75, 3.05) is 33.7 Å². The van der Waals surface area contributed by atoms with Gasteiger partial charge in [-0.15, -0.1) is 0 Å². The summed E-state index contributed by atoms with van der Waals surface area (Å²) in [7, 11) is 3.50. The van der Waals surface area contributed by atoms with Gasteiger partial charge in [-0.1, -0.05) is 31.4 Å². The fourth-order valence-corrected chi connectivity index (χ4v) is 3.46. The zero-order valence-electron chi connectivity index (χ0n) is 18.0. The number of guanidine groups is 1. The zero-order chi connectivity index (χ0) is 21.1. The van der Waals surface area contributed by atoms with Crippen LogP contribution < -0.4 is 16.0 Å². The highest BCUT2D eigenvalue weighted by atomic mass is 16.2. The molecule has 0 saturated heterocycles. The van der Waals surface area contributed by atoms with Crippen molar-refractivity contribution in [2.24, 2.45) is 4.99 Å². The average Bonchev–Trinajstić information content (AvgIpc) is 2.72. The van der Waals surface area contributed by atoms with E-state index in [-0.39, 0.29) is 18.4 Å². The molecule has 0 atom stereocenters. The van der Waals surface area contributed by atoms with Gasteiger partial charge in [-0.2, -0.15) is 0 Å². The number of rotatable bonds is 8. The molecule has 1 saturated carbocycles. The quantitative estimate of drug-likeness (QED) is 0.459. The lowest BCUT2D eigenvalue weighted by Gasteiger charge is -2.22. The maximum Gasteiger partial charge on any atom is 0.253 e. The average molecular weight is 402 g/mol. The Hall–Kier alpha value is -2.57. The van der Waals surface area contributed by atoms with Gasteiger partial charge in [-0.05, 0) is 43.9 Å². The summed E-state index contributed by atoms with van der Waals surface area (Å²) in [6, 6.07) is 7.97. The van der Waals surface area contributed by atoms with E-state index in [0.29, 0.717) is 24.1 Å². The van der Waals surface area contributed by atoms with Crippen LogP contribution >= 0.6 is 0 Å². The van der Waals surface area contributed by atoms with Gasteiger partial charge in [0.2, 0.25) is 5.91 Å². The highest BCUT2D eigenvalue weighted by Gasteiger charge is 2.15. The van der Waals surface area contributed by atoms with Gasteiger partial charge in [-0.25, -0.2) is 4.99 Å². The second-order valence-electron chi connectivity index (χ2n) is 7.67. The fraction of sp³-hybridized carbons (Fsp3) is 0.591. The molecule has 0 aromatic heterocycles. The van der Waals surface area contributed by atoms with Crippen LogP contribution in [0.4, 0.5) is 0 Å². The Morgan fingerprint density at radius 1 is 1.14 bits per heavy atom. The Bertz CT molecular complexity index is 696. The van der Waals surface area contributed by atoms with Crippen LogP contribution in [0.3, 0.4) is 0 Å². The Balaban J connectivity index is 1.82. The molecule has 0 aliphatic heterocycles. The third-order valence-electron chi connectivity index (χ3n) is 4.98. The number of carbonyl (C=O) groups excluding carboxylic acids is 2. The first kappa shape index (κ1) is 22.7. The number of benzene rings is 1. The van der Waals surface area contributed by atoms with Crippen molar-refractivity contribution in [2.45, 2.75) is 51.5 Å². The van der Waals surface area contributed by atoms with Crippen LogP contribution in [-0.2, 0) is 11.2 Å². The van der Waals surface area contributed by atoms with E-state index in [4.69, 9.17) is 0 Å². The van der Waals surface area contributed by atoms with E-state index in [1.807, 2.05) is 31.2 Å². The summed E-state index contributed by atoms with van der Waals surface area (Å²) in [5, 5.41) is 9.52. The first-order valence-corrected chi connectivity index (χ1v) is 10.6. The van der Waals surface area contributed by atoms with Crippen molar-refractivity contribution in [3.63, 3.8) is 0 Å². The number of amides is 2. The molecule has 1 aliphatic rings. The minimum absolute atomic E-state index is 0.00121. The molecule has 1 aromatic carbocycles. The standard InChI is InChI=1S/C22H35N5O2/c1-4-23-22(25-16-20(28)26-19-11-6-5-7-12-19)24-14-13-17-9-8-10-18(15-17)21(29)27(2)3/h8-10,15,19H,4-7,11-14,16H2,1-3H3,(H,26,28)(H2,23,24,25). The molecule has 0 unspecified atom stereocenters. The van der Waals surface area contributed by atoms with Gasteiger partial charge < -0.3 is 20.9 Å². The van der Waals surface area contributed by atoms with Crippen LogP contribution in [0.5, 0.6) is 0 Å². The molecule has 160 valence electrons. The largest absolute Gasteiger partial charge is 0.357 e. The predicted octanol–water partition coefficient (Wildman–Crippen LogP) is 1.93. The molecule has 0 heterocycles. The molecule has 0 radical (unpaired) electrons. The summed E-state index contributed by atoms with van der Waals surface area (Å²) in [5.41, 5.74) is 1.77. The minimum Gasteiger partial charge on any atom is -0.357 e. The van der Waals surface area contributed by atoms with Crippen LogP contribution in [0.1, 0.15) is 54.9 Å². The van der Waals surface area contributed by atoms with E-state index in [9.17, 15) is 9.59 Å². The Morgan fingerprint density at radius 3 is 2.59 bits per heavy atom. The first-order chi connectivity index (χ1) is 14.0.